The van der Waals surface area contributed by atoms with Crippen LogP contribution in [0.2, 0.25) is 0 Å². The van der Waals surface area contributed by atoms with E-state index in [0.717, 1.165) is 28.4 Å². The summed E-state index contributed by atoms with van der Waals surface area (Å²) in [7, 11) is 1.61. The average Bonchev–Trinajstić information content (AvgIpc) is 2.62. The number of ether oxygens (including phenoxy) is 1. The molecule has 0 radical (unpaired) electrons. The fourth-order valence-corrected chi connectivity index (χ4v) is 2.51. The minimum Gasteiger partial charge on any atom is -0.497 e. The monoisotopic (exact) mass is 329 g/mol. The lowest BCUT2D eigenvalue weighted by Crippen LogP contribution is -3.13. The van der Waals surface area contributed by atoms with Gasteiger partial charge in [0.1, 0.15) is 18.4 Å². The first-order valence-electron chi connectivity index (χ1n) is 8.12. The molecule has 2 rings (SSSR count). The number of amides is 1. The molecule has 0 spiro atoms. The van der Waals surface area contributed by atoms with E-state index in [0.29, 0.717) is 13.1 Å². The van der Waals surface area contributed by atoms with E-state index in [4.69, 9.17) is 4.74 Å². The molecular formula is C19H25N2O3+. The molecule has 0 aliphatic carbocycles. The van der Waals surface area contributed by atoms with Crippen molar-refractivity contribution in [1.29, 1.82) is 0 Å². The van der Waals surface area contributed by atoms with Gasteiger partial charge in [0.15, 0.2) is 6.54 Å². The first-order chi connectivity index (χ1) is 11.6. The van der Waals surface area contributed by atoms with Crippen molar-refractivity contribution in [1.82, 2.24) is 0 Å². The molecule has 1 amide bonds. The van der Waals surface area contributed by atoms with E-state index in [9.17, 15) is 9.90 Å². The third-order valence-electron chi connectivity index (χ3n) is 3.95. The van der Waals surface area contributed by atoms with Crippen LogP contribution in [0.15, 0.2) is 54.6 Å². The molecule has 5 nitrogen and oxygen atoms in total. The van der Waals surface area contributed by atoms with Crippen LogP contribution >= 0.6 is 0 Å². The van der Waals surface area contributed by atoms with E-state index in [2.05, 4.69) is 5.32 Å². The van der Waals surface area contributed by atoms with Crippen molar-refractivity contribution in [3.63, 3.8) is 0 Å². The third-order valence-corrected chi connectivity index (χ3v) is 3.95. The molecule has 5 heteroatoms. The zero-order chi connectivity index (χ0) is 17.4. The van der Waals surface area contributed by atoms with Crippen molar-refractivity contribution in [2.24, 2.45) is 0 Å². The van der Waals surface area contributed by atoms with E-state index < -0.39 is 6.10 Å². The number of rotatable bonds is 8. The fraction of sp³-hybridized carbons (Fsp3) is 0.316. The van der Waals surface area contributed by atoms with Gasteiger partial charge < -0.3 is 20.1 Å². The first-order valence-corrected chi connectivity index (χ1v) is 8.12. The van der Waals surface area contributed by atoms with Gasteiger partial charge >= 0.3 is 0 Å². The maximum absolute atomic E-state index is 12.2. The smallest absolute Gasteiger partial charge is 0.279 e. The van der Waals surface area contributed by atoms with Crippen LogP contribution in [0.25, 0.3) is 0 Å². The molecule has 0 bridgehead atoms. The van der Waals surface area contributed by atoms with Gasteiger partial charge in [-0.05, 0) is 36.8 Å². The second kappa shape index (κ2) is 9.05. The van der Waals surface area contributed by atoms with Gasteiger partial charge in [-0.3, -0.25) is 4.79 Å². The van der Waals surface area contributed by atoms with Gasteiger partial charge in [-0.15, -0.1) is 0 Å². The molecule has 0 aliphatic rings. The quantitative estimate of drug-likeness (QED) is 0.683. The molecule has 0 heterocycles. The molecule has 0 aromatic heterocycles. The van der Waals surface area contributed by atoms with Gasteiger partial charge in [0.2, 0.25) is 0 Å². The van der Waals surface area contributed by atoms with Gasteiger partial charge in [-0.1, -0.05) is 30.3 Å². The highest BCUT2D eigenvalue weighted by atomic mass is 16.5. The SMILES string of the molecule is CC[NH+](CC(=O)Nc1ccc(OC)cc1)C[C@H](O)c1ccccc1. The van der Waals surface area contributed by atoms with E-state index in [1.165, 1.54) is 0 Å². The molecule has 0 saturated carbocycles. The number of nitrogens with one attached hydrogen (secondary N) is 2. The average molecular weight is 329 g/mol. The normalized spacial score (nSPS) is 13.1. The summed E-state index contributed by atoms with van der Waals surface area (Å²) >= 11 is 0. The molecular weight excluding hydrogens is 304 g/mol. The largest absolute Gasteiger partial charge is 0.497 e. The zero-order valence-corrected chi connectivity index (χ0v) is 14.2. The topological polar surface area (TPSA) is 63.0 Å². The standard InChI is InChI=1S/C19H24N2O3/c1-3-21(13-18(22)15-7-5-4-6-8-15)14-19(23)20-16-9-11-17(24-2)12-10-16/h4-12,18,22H,3,13-14H2,1-2H3,(H,20,23)/p+1/t18-/m0/s1. The van der Waals surface area contributed by atoms with E-state index in [-0.39, 0.29) is 5.91 Å². The molecule has 0 fully saturated rings. The summed E-state index contributed by atoms with van der Waals surface area (Å²) in [6, 6.07) is 16.7. The summed E-state index contributed by atoms with van der Waals surface area (Å²) in [4.78, 5) is 13.2. The summed E-state index contributed by atoms with van der Waals surface area (Å²) in [5.74, 6) is 0.678. The molecule has 128 valence electrons. The highest BCUT2D eigenvalue weighted by Crippen LogP contribution is 2.14. The Kier molecular flexibility index (Phi) is 6.78. The number of hydrogen-bond donors (Lipinski definition) is 3. The van der Waals surface area contributed by atoms with Crippen molar-refractivity contribution in [3.05, 3.63) is 60.2 Å². The van der Waals surface area contributed by atoms with Crippen LogP contribution in [0, 0.1) is 0 Å². The number of anilines is 1. The number of aliphatic hydroxyl groups is 1. The molecule has 0 aliphatic heterocycles. The number of hydrogen-bond acceptors (Lipinski definition) is 3. The predicted octanol–water partition coefficient (Wildman–Crippen LogP) is 1.27. The van der Waals surface area contributed by atoms with Crippen LogP contribution in [0.1, 0.15) is 18.6 Å². The number of benzene rings is 2. The number of carbonyl (C=O) groups is 1. The van der Waals surface area contributed by atoms with Crippen molar-refractivity contribution in [2.45, 2.75) is 13.0 Å². The Labute approximate surface area is 142 Å². The Morgan fingerprint density at radius 1 is 1.17 bits per heavy atom. The Hall–Kier alpha value is -2.37. The van der Waals surface area contributed by atoms with Crippen LogP contribution in [0.3, 0.4) is 0 Å². The van der Waals surface area contributed by atoms with Crippen LogP contribution in [-0.2, 0) is 4.79 Å². The highest BCUT2D eigenvalue weighted by Gasteiger charge is 2.18. The van der Waals surface area contributed by atoms with Crippen LogP contribution in [-0.4, -0.2) is 37.8 Å². The second-order valence-corrected chi connectivity index (χ2v) is 5.69. The molecule has 0 saturated heterocycles. The number of carbonyl (C=O) groups excluding carboxylic acids is 1. The van der Waals surface area contributed by atoms with Crippen molar-refractivity contribution in [3.8, 4) is 5.75 Å². The zero-order valence-electron chi connectivity index (χ0n) is 14.2. The summed E-state index contributed by atoms with van der Waals surface area (Å²) in [5.41, 5.74) is 1.61. The Bertz CT molecular complexity index is 629. The Morgan fingerprint density at radius 3 is 2.42 bits per heavy atom. The first kappa shape index (κ1) is 18.0. The lowest BCUT2D eigenvalue weighted by Gasteiger charge is -2.20. The van der Waals surface area contributed by atoms with E-state index in [1.54, 1.807) is 31.4 Å². The molecule has 2 atom stereocenters. The van der Waals surface area contributed by atoms with Gasteiger partial charge in [-0.25, -0.2) is 0 Å². The van der Waals surface area contributed by atoms with Crippen molar-refractivity contribution < 1.29 is 19.5 Å². The highest BCUT2D eigenvalue weighted by molar-refractivity contribution is 5.91. The van der Waals surface area contributed by atoms with Gasteiger partial charge in [0, 0.05) is 5.69 Å². The molecule has 24 heavy (non-hydrogen) atoms. The number of quaternary nitrogens is 1. The summed E-state index contributed by atoms with van der Waals surface area (Å²) in [5, 5.41) is 13.2. The van der Waals surface area contributed by atoms with Gasteiger partial charge in [0.25, 0.3) is 5.91 Å². The molecule has 2 aromatic carbocycles. The Morgan fingerprint density at radius 2 is 1.83 bits per heavy atom. The maximum atomic E-state index is 12.2. The minimum absolute atomic E-state index is 0.0720. The lowest BCUT2D eigenvalue weighted by molar-refractivity contribution is -0.893. The van der Waals surface area contributed by atoms with E-state index in [1.807, 2.05) is 37.3 Å². The van der Waals surface area contributed by atoms with Gasteiger partial charge in [0.05, 0.1) is 13.7 Å². The van der Waals surface area contributed by atoms with Crippen molar-refractivity contribution >= 4 is 11.6 Å². The van der Waals surface area contributed by atoms with Crippen LogP contribution < -0.4 is 15.0 Å². The fourth-order valence-electron chi connectivity index (χ4n) is 2.51. The third kappa shape index (κ3) is 5.37. The van der Waals surface area contributed by atoms with Crippen LogP contribution in [0.4, 0.5) is 5.69 Å². The maximum Gasteiger partial charge on any atom is 0.279 e. The molecule has 3 N–H and O–H groups in total. The second-order valence-electron chi connectivity index (χ2n) is 5.69. The number of methoxy groups -OCH3 is 1. The number of likely N-dealkylation sites (N-methyl/N-ethyl adjacent to an activating group) is 1. The molecule has 1 unspecified atom stereocenters. The molecule has 2 aromatic rings. The summed E-state index contributed by atoms with van der Waals surface area (Å²) in [6.07, 6.45) is -0.574. The van der Waals surface area contributed by atoms with Crippen LogP contribution in [0.5, 0.6) is 5.75 Å². The number of aliphatic hydroxyl groups excluding tert-OH is 1. The lowest BCUT2D eigenvalue weighted by atomic mass is 10.1. The summed E-state index contributed by atoms with van der Waals surface area (Å²) < 4.78 is 5.10. The Balaban J connectivity index is 1.88. The predicted molar refractivity (Wildman–Crippen MR) is 94.3 cm³/mol. The minimum atomic E-state index is -0.574. The van der Waals surface area contributed by atoms with Gasteiger partial charge in [-0.2, -0.15) is 0 Å². The summed E-state index contributed by atoms with van der Waals surface area (Å²) in [6.45, 7) is 3.58. The van der Waals surface area contributed by atoms with Crippen molar-refractivity contribution in [2.75, 3.05) is 32.1 Å². The van der Waals surface area contributed by atoms with E-state index >= 15 is 0 Å².